The van der Waals surface area contributed by atoms with Gasteiger partial charge in [0.2, 0.25) is 0 Å². The molecule has 4 aromatic rings. The highest BCUT2D eigenvalue weighted by Crippen LogP contribution is 2.20. The highest BCUT2D eigenvalue weighted by molar-refractivity contribution is 7.17. The standard InChI is InChI=1S/C16H13N3OS/c1-10-3-2-4-13-11(10)5-7-19(13)9-14-17-12-6-8-21-15(12)16(20)18-14/h2-8H,9H2,1H3,(H,17,18,20). The Labute approximate surface area is 124 Å². The molecule has 104 valence electrons. The molecular weight excluding hydrogens is 282 g/mol. The quantitative estimate of drug-likeness (QED) is 0.617. The van der Waals surface area contributed by atoms with E-state index in [9.17, 15) is 4.79 Å². The van der Waals surface area contributed by atoms with Crippen molar-refractivity contribution < 1.29 is 0 Å². The number of nitrogens with zero attached hydrogens (tertiary/aromatic N) is 2. The summed E-state index contributed by atoms with van der Waals surface area (Å²) in [5, 5.41) is 3.13. The van der Waals surface area contributed by atoms with E-state index in [-0.39, 0.29) is 5.56 Å². The van der Waals surface area contributed by atoms with Crippen LogP contribution in [0.5, 0.6) is 0 Å². The SMILES string of the molecule is Cc1cccc2c1ccn2Cc1nc2ccsc2c(=O)[nH]1. The third kappa shape index (κ3) is 1.97. The number of nitrogens with one attached hydrogen (secondary N) is 1. The van der Waals surface area contributed by atoms with E-state index in [1.807, 2.05) is 23.7 Å². The van der Waals surface area contributed by atoms with E-state index in [2.05, 4.69) is 39.7 Å². The Hall–Kier alpha value is -2.40. The zero-order valence-corrected chi connectivity index (χ0v) is 12.3. The van der Waals surface area contributed by atoms with Gasteiger partial charge in [0, 0.05) is 17.1 Å². The van der Waals surface area contributed by atoms with E-state index >= 15 is 0 Å². The van der Waals surface area contributed by atoms with Crippen molar-refractivity contribution in [1.29, 1.82) is 0 Å². The summed E-state index contributed by atoms with van der Waals surface area (Å²) in [6.45, 7) is 2.66. The molecule has 21 heavy (non-hydrogen) atoms. The molecule has 0 aliphatic carbocycles. The zero-order chi connectivity index (χ0) is 14.4. The van der Waals surface area contributed by atoms with Gasteiger partial charge in [0.15, 0.2) is 0 Å². The Kier molecular flexibility index (Phi) is 2.68. The van der Waals surface area contributed by atoms with Crippen LogP contribution in [0.3, 0.4) is 0 Å². The normalized spacial score (nSPS) is 11.5. The number of aromatic nitrogens is 3. The van der Waals surface area contributed by atoms with E-state index in [1.54, 1.807) is 0 Å². The van der Waals surface area contributed by atoms with Gasteiger partial charge in [-0.1, -0.05) is 12.1 Å². The number of thiophene rings is 1. The first-order valence-electron chi connectivity index (χ1n) is 6.73. The van der Waals surface area contributed by atoms with Gasteiger partial charge >= 0.3 is 0 Å². The third-order valence-electron chi connectivity index (χ3n) is 3.72. The fourth-order valence-corrected chi connectivity index (χ4v) is 3.40. The smallest absolute Gasteiger partial charge is 0.268 e. The van der Waals surface area contributed by atoms with Gasteiger partial charge in [-0.25, -0.2) is 4.98 Å². The average Bonchev–Trinajstić information content (AvgIpc) is 3.07. The van der Waals surface area contributed by atoms with E-state index < -0.39 is 0 Å². The van der Waals surface area contributed by atoms with Crippen molar-refractivity contribution in [2.24, 2.45) is 0 Å². The molecule has 3 aromatic heterocycles. The number of fused-ring (bicyclic) bond motifs is 2. The zero-order valence-electron chi connectivity index (χ0n) is 11.5. The Morgan fingerprint density at radius 3 is 3.10 bits per heavy atom. The van der Waals surface area contributed by atoms with Crippen molar-refractivity contribution in [3.8, 4) is 0 Å². The van der Waals surface area contributed by atoms with Crippen LogP contribution in [-0.4, -0.2) is 14.5 Å². The lowest BCUT2D eigenvalue weighted by atomic mass is 10.1. The summed E-state index contributed by atoms with van der Waals surface area (Å²) < 4.78 is 2.80. The summed E-state index contributed by atoms with van der Waals surface area (Å²) in [4.78, 5) is 19.4. The van der Waals surface area contributed by atoms with Crippen LogP contribution >= 0.6 is 11.3 Å². The number of hydrogen-bond acceptors (Lipinski definition) is 3. The molecule has 0 atom stereocenters. The molecule has 4 nitrogen and oxygen atoms in total. The molecule has 0 spiro atoms. The lowest BCUT2D eigenvalue weighted by Crippen LogP contribution is -2.12. The van der Waals surface area contributed by atoms with Crippen LogP contribution in [-0.2, 0) is 6.54 Å². The van der Waals surface area contributed by atoms with E-state index in [1.165, 1.54) is 22.3 Å². The topological polar surface area (TPSA) is 50.7 Å². The minimum Gasteiger partial charge on any atom is -0.340 e. The van der Waals surface area contributed by atoms with Gasteiger partial charge in [0.05, 0.1) is 12.1 Å². The molecule has 0 fully saturated rings. The first kappa shape index (κ1) is 12.3. The summed E-state index contributed by atoms with van der Waals surface area (Å²) in [5.41, 5.74) is 3.12. The number of hydrogen-bond donors (Lipinski definition) is 1. The minimum absolute atomic E-state index is 0.0577. The van der Waals surface area contributed by atoms with Crippen molar-refractivity contribution in [2.75, 3.05) is 0 Å². The summed E-state index contributed by atoms with van der Waals surface area (Å²) in [7, 11) is 0. The summed E-state index contributed by atoms with van der Waals surface area (Å²) in [6.07, 6.45) is 2.04. The highest BCUT2D eigenvalue weighted by Gasteiger charge is 2.08. The molecule has 0 saturated carbocycles. The predicted molar refractivity (Wildman–Crippen MR) is 86.0 cm³/mol. The Morgan fingerprint density at radius 1 is 1.29 bits per heavy atom. The largest absolute Gasteiger partial charge is 0.340 e. The van der Waals surface area contributed by atoms with Crippen LogP contribution in [0.25, 0.3) is 21.1 Å². The summed E-state index contributed by atoms with van der Waals surface area (Å²) >= 11 is 1.42. The Bertz CT molecular complexity index is 1010. The molecule has 1 N–H and O–H groups in total. The minimum atomic E-state index is -0.0577. The first-order chi connectivity index (χ1) is 10.2. The van der Waals surface area contributed by atoms with Crippen LogP contribution < -0.4 is 5.56 Å². The molecule has 0 aliphatic rings. The molecule has 0 unspecified atom stereocenters. The van der Waals surface area contributed by atoms with Crippen LogP contribution in [0.2, 0.25) is 0 Å². The summed E-state index contributed by atoms with van der Waals surface area (Å²) in [6, 6.07) is 10.2. The number of benzene rings is 1. The maximum atomic E-state index is 12.0. The van der Waals surface area contributed by atoms with Crippen molar-refractivity contribution in [3.63, 3.8) is 0 Å². The molecule has 3 heterocycles. The Morgan fingerprint density at radius 2 is 2.19 bits per heavy atom. The van der Waals surface area contributed by atoms with Crippen LogP contribution in [0.4, 0.5) is 0 Å². The molecule has 0 radical (unpaired) electrons. The first-order valence-corrected chi connectivity index (χ1v) is 7.61. The van der Waals surface area contributed by atoms with E-state index in [0.717, 1.165) is 11.0 Å². The van der Waals surface area contributed by atoms with Crippen molar-refractivity contribution in [2.45, 2.75) is 13.5 Å². The average molecular weight is 295 g/mol. The van der Waals surface area contributed by atoms with Gasteiger partial charge in [0.25, 0.3) is 5.56 Å². The number of rotatable bonds is 2. The predicted octanol–water partition coefficient (Wildman–Crippen LogP) is 3.30. The van der Waals surface area contributed by atoms with Crippen LogP contribution in [0.1, 0.15) is 11.4 Å². The molecule has 0 aliphatic heterocycles. The monoisotopic (exact) mass is 295 g/mol. The molecule has 1 aromatic carbocycles. The summed E-state index contributed by atoms with van der Waals surface area (Å²) in [5.74, 6) is 0.685. The van der Waals surface area contributed by atoms with Gasteiger partial charge in [-0.15, -0.1) is 11.3 Å². The van der Waals surface area contributed by atoms with E-state index in [4.69, 9.17) is 0 Å². The van der Waals surface area contributed by atoms with Crippen LogP contribution in [0.15, 0.2) is 46.7 Å². The fraction of sp³-hybridized carbons (Fsp3) is 0.125. The second kappa shape index (κ2) is 4.56. The van der Waals surface area contributed by atoms with Crippen LogP contribution in [0, 0.1) is 6.92 Å². The van der Waals surface area contributed by atoms with Gasteiger partial charge in [-0.05, 0) is 36.1 Å². The maximum absolute atomic E-state index is 12.0. The molecule has 5 heteroatoms. The molecule has 0 amide bonds. The fourth-order valence-electron chi connectivity index (χ4n) is 2.67. The van der Waals surface area contributed by atoms with Gasteiger partial charge in [-0.2, -0.15) is 0 Å². The molecule has 4 rings (SSSR count). The number of H-pyrrole nitrogens is 1. The number of aromatic amines is 1. The van der Waals surface area contributed by atoms with Crippen molar-refractivity contribution in [3.05, 3.63) is 63.7 Å². The lowest BCUT2D eigenvalue weighted by Gasteiger charge is -2.05. The second-order valence-corrected chi connectivity index (χ2v) is 6.02. The number of aryl methyl sites for hydroxylation is 1. The highest BCUT2D eigenvalue weighted by atomic mass is 32.1. The Balaban J connectivity index is 1.83. The van der Waals surface area contributed by atoms with Crippen molar-refractivity contribution >= 4 is 32.5 Å². The van der Waals surface area contributed by atoms with Gasteiger partial charge in [-0.3, -0.25) is 4.79 Å². The van der Waals surface area contributed by atoms with Gasteiger partial charge in [0.1, 0.15) is 10.5 Å². The third-order valence-corrected chi connectivity index (χ3v) is 4.62. The molecule has 0 bridgehead atoms. The second-order valence-electron chi connectivity index (χ2n) is 5.10. The maximum Gasteiger partial charge on any atom is 0.268 e. The molecule has 0 saturated heterocycles. The molecular formula is C16H13N3OS. The van der Waals surface area contributed by atoms with Crippen molar-refractivity contribution in [1.82, 2.24) is 14.5 Å². The lowest BCUT2D eigenvalue weighted by molar-refractivity contribution is 0.774. The van der Waals surface area contributed by atoms with Gasteiger partial charge < -0.3 is 9.55 Å². The van der Waals surface area contributed by atoms with E-state index in [0.29, 0.717) is 17.1 Å².